The van der Waals surface area contributed by atoms with Crippen molar-refractivity contribution in [2.45, 2.75) is 0 Å². The van der Waals surface area contributed by atoms with Crippen LogP contribution in [0.2, 0.25) is 5.02 Å². The van der Waals surface area contributed by atoms with Gasteiger partial charge in [0.15, 0.2) is 6.61 Å². The molecule has 0 bridgehead atoms. The summed E-state index contributed by atoms with van der Waals surface area (Å²) in [5.41, 5.74) is 1.33. The number of carbonyl (C=O) groups is 2. The molecular weight excluding hydrogens is 304 g/mol. The molecule has 0 saturated heterocycles. The van der Waals surface area contributed by atoms with E-state index in [1.807, 2.05) is 6.07 Å². The van der Waals surface area contributed by atoms with Gasteiger partial charge in [0.05, 0.1) is 17.2 Å². The second-order valence-corrected chi connectivity index (χ2v) is 4.76. The maximum atomic E-state index is 11.7. The van der Waals surface area contributed by atoms with Gasteiger partial charge in [0, 0.05) is 10.7 Å². The Kier molecular flexibility index (Phi) is 5.12. The van der Waals surface area contributed by atoms with E-state index in [0.29, 0.717) is 21.8 Å². The van der Waals surface area contributed by atoms with E-state index in [2.05, 4.69) is 5.32 Å². The van der Waals surface area contributed by atoms with Crippen molar-refractivity contribution in [2.75, 3.05) is 11.9 Å². The molecule has 0 heterocycles. The molecule has 2 aromatic rings. The predicted octanol–water partition coefficient (Wildman–Crippen LogP) is 3.01. The topological polar surface area (TPSA) is 79.2 Å². The zero-order valence-electron chi connectivity index (χ0n) is 11.4. The van der Waals surface area contributed by atoms with Crippen LogP contribution < -0.4 is 5.32 Å². The summed E-state index contributed by atoms with van der Waals surface area (Å²) in [5.74, 6) is -1.07. The van der Waals surface area contributed by atoms with Gasteiger partial charge in [-0.25, -0.2) is 4.79 Å². The van der Waals surface area contributed by atoms with Crippen molar-refractivity contribution in [3.8, 4) is 6.07 Å². The molecule has 2 rings (SSSR count). The Labute approximate surface area is 132 Å². The molecule has 0 aromatic heterocycles. The second kappa shape index (κ2) is 7.25. The third-order valence-electron chi connectivity index (χ3n) is 2.71. The van der Waals surface area contributed by atoms with Crippen LogP contribution in [0.15, 0.2) is 48.5 Å². The minimum Gasteiger partial charge on any atom is -0.452 e. The zero-order valence-corrected chi connectivity index (χ0v) is 12.1. The van der Waals surface area contributed by atoms with Gasteiger partial charge in [-0.3, -0.25) is 4.79 Å². The van der Waals surface area contributed by atoms with E-state index in [0.717, 1.165) is 0 Å². The number of anilines is 1. The molecule has 0 unspecified atom stereocenters. The summed E-state index contributed by atoms with van der Waals surface area (Å²) in [6.45, 7) is -0.401. The van der Waals surface area contributed by atoms with Crippen LogP contribution in [0, 0.1) is 11.3 Å². The highest BCUT2D eigenvalue weighted by atomic mass is 35.5. The van der Waals surface area contributed by atoms with Crippen molar-refractivity contribution in [2.24, 2.45) is 0 Å². The van der Waals surface area contributed by atoms with E-state index in [1.54, 1.807) is 36.4 Å². The van der Waals surface area contributed by atoms with E-state index >= 15 is 0 Å². The standard InChI is InChI=1S/C16H11ClN2O3/c17-13-5-3-12(4-6-13)16(21)22-10-15(20)19-14-7-1-11(9-18)2-8-14/h1-8H,10H2,(H,19,20). The van der Waals surface area contributed by atoms with Gasteiger partial charge in [-0.1, -0.05) is 11.6 Å². The highest BCUT2D eigenvalue weighted by Crippen LogP contribution is 2.11. The average molecular weight is 315 g/mol. The molecule has 0 aliphatic heterocycles. The van der Waals surface area contributed by atoms with Crippen LogP contribution in [-0.2, 0) is 9.53 Å². The summed E-state index contributed by atoms with van der Waals surface area (Å²) in [6, 6.07) is 14.5. The molecule has 0 fully saturated rings. The highest BCUT2D eigenvalue weighted by Gasteiger charge is 2.10. The second-order valence-electron chi connectivity index (χ2n) is 4.32. The number of hydrogen-bond donors (Lipinski definition) is 1. The fourth-order valence-corrected chi connectivity index (χ4v) is 1.75. The smallest absolute Gasteiger partial charge is 0.338 e. The maximum absolute atomic E-state index is 11.7. The Balaban J connectivity index is 1.85. The van der Waals surface area contributed by atoms with Crippen LogP contribution in [0.1, 0.15) is 15.9 Å². The molecule has 0 radical (unpaired) electrons. The van der Waals surface area contributed by atoms with Crippen molar-refractivity contribution in [3.05, 3.63) is 64.7 Å². The van der Waals surface area contributed by atoms with E-state index < -0.39 is 18.5 Å². The van der Waals surface area contributed by atoms with Crippen LogP contribution in [0.5, 0.6) is 0 Å². The molecule has 0 atom stereocenters. The van der Waals surface area contributed by atoms with Gasteiger partial charge in [0.2, 0.25) is 0 Å². The van der Waals surface area contributed by atoms with Gasteiger partial charge in [0.1, 0.15) is 0 Å². The summed E-state index contributed by atoms with van der Waals surface area (Å²) in [7, 11) is 0. The maximum Gasteiger partial charge on any atom is 0.338 e. The molecule has 0 aliphatic rings. The molecule has 22 heavy (non-hydrogen) atoms. The normalized spacial score (nSPS) is 9.64. The van der Waals surface area contributed by atoms with Crippen molar-refractivity contribution in [3.63, 3.8) is 0 Å². The monoisotopic (exact) mass is 314 g/mol. The van der Waals surface area contributed by atoms with Gasteiger partial charge in [-0.05, 0) is 48.5 Å². The molecule has 0 saturated carbocycles. The van der Waals surface area contributed by atoms with Crippen molar-refractivity contribution in [1.29, 1.82) is 5.26 Å². The van der Waals surface area contributed by atoms with Gasteiger partial charge in [-0.15, -0.1) is 0 Å². The van der Waals surface area contributed by atoms with Crippen LogP contribution in [0.4, 0.5) is 5.69 Å². The molecule has 2 aromatic carbocycles. The van der Waals surface area contributed by atoms with E-state index in [1.165, 1.54) is 12.1 Å². The number of hydrogen-bond acceptors (Lipinski definition) is 4. The molecule has 1 amide bonds. The predicted molar refractivity (Wildman–Crippen MR) is 81.5 cm³/mol. The summed E-state index contributed by atoms with van der Waals surface area (Å²) < 4.78 is 4.90. The lowest BCUT2D eigenvalue weighted by atomic mass is 10.2. The first-order valence-corrected chi connectivity index (χ1v) is 6.69. The van der Waals surface area contributed by atoms with E-state index in [9.17, 15) is 9.59 Å². The number of halogens is 1. The first kappa shape index (κ1) is 15.5. The fourth-order valence-electron chi connectivity index (χ4n) is 1.63. The Morgan fingerprint density at radius 1 is 1.09 bits per heavy atom. The Hall–Kier alpha value is -2.84. The van der Waals surface area contributed by atoms with Crippen molar-refractivity contribution in [1.82, 2.24) is 0 Å². The van der Waals surface area contributed by atoms with Gasteiger partial charge in [0.25, 0.3) is 5.91 Å². The summed E-state index contributed by atoms with van der Waals surface area (Å²) in [5, 5.41) is 11.7. The average Bonchev–Trinajstić information content (AvgIpc) is 2.54. The minimum atomic E-state index is -0.605. The Morgan fingerprint density at radius 3 is 2.32 bits per heavy atom. The number of carbonyl (C=O) groups excluding carboxylic acids is 2. The third kappa shape index (κ3) is 4.33. The molecule has 0 spiro atoms. The van der Waals surface area contributed by atoms with E-state index in [4.69, 9.17) is 21.6 Å². The molecular formula is C16H11ClN2O3. The first-order chi connectivity index (χ1) is 10.6. The zero-order chi connectivity index (χ0) is 15.9. The van der Waals surface area contributed by atoms with Gasteiger partial charge >= 0.3 is 5.97 Å². The minimum absolute atomic E-state index is 0.315. The Morgan fingerprint density at radius 2 is 1.73 bits per heavy atom. The fraction of sp³-hybridized carbons (Fsp3) is 0.0625. The lowest BCUT2D eigenvalue weighted by molar-refractivity contribution is -0.119. The van der Waals surface area contributed by atoms with Crippen LogP contribution in [0.25, 0.3) is 0 Å². The number of esters is 1. The number of nitriles is 1. The number of nitrogens with zero attached hydrogens (tertiary/aromatic N) is 1. The molecule has 1 N–H and O–H groups in total. The van der Waals surface area contributed by atoms with Crippen molar-refractivity contribution >= 4 is 29.2 Å². The van der Waals surface area contributed by atoms with Gasteiger partial charge < -0.3 is 10.1 Å². The largest absolute Gasteiger partial charge is 0.452 e. The number of nitrogens with one attached hydrogen (secondary N) is 1. The molecule has 5 nitrogen and oxygen atoms in total. The lowest BCUT2D eigenvalue weighted by Gasteiger charge is -2.06. The molecule has 0 aliphatic carbocycles. The third-order valence-corrected chi connectivity index (χ3v) is 2.96. The van der Waals surface area contributed by atoms with Crippen molar-refractivity contribution < 1.29 is 14.3 Å². The summed E-state index contributed by atoms with van der Waals surface area (Å²) in [4.78, 5) is 23.4. The number of benzene rings is 2. The quantitative estimate of drug-likeness (QED) is 0.880. The SMILES string of the molecule is N#Cc1ccc(NC(=O)COC(=O)c2ccc(Cl)cc2)cc1. The molecule has 6 heteroatoms. The van der Waals surface area contributed by atoms with Crippen LogP contribution in [-0.4, -0.2) is 18.5 Å². The van der Waals surface area contributed by atoms with Crippen LogP contribution in [0.3, 0.4) is 0 Å². The molecule has 110 valence electrons. The highest BCUT2D eigenvalue weighted by molar-refractivity contribution is 6.30. The number of rotatable bonds is 4. The van der Waals surface area contributed by atoms with Gasteiger partial charge in [-0.2, -0.15) is 5.26 Å². The summed E-state index contributed by atoms with van der Waals surface area (Å²) in [6.07, 6.45) is 0. The Bertz CT molecular complexity index is 719. The van der Waals surface area contributed by atoms with E-state index in [-0.39, 0.29) is 0 Å². The first-order valence-electron chi connectivity index (χ1n) is 6.31. The lowest BCUT2D eigenvalue weighted by Crippen LogP contribution is -2.20. The number of ether oxygens (including phenoxy) is 1. The summed E-state index contributed by atoms with van der Waals surface area (Å²) >= 11 is 5.72. The number of amides is 1. The van der Waals surface area contributed by atoms with Crippen LogP contribution >= 0.6 is 11.6 Å².